The number of nitrogens with zero attached hydrogens (tertiary/aromatic N) is 3. The molecule has 2 aromatic rings. The minimum absolute atomic E-state index is 0.252. The number of anilines is 2. The van der Waals surface area contributed by atoms with Gasteiger partial charge in [-0.15, -0.1) is 0 Å². The molecule has 0 radical (unpaired) electrons. The maximum atomic E-state index is 8.83. The molecule has 16 heavy (non-hydrogen) atoms. The Hall–Kier alpha value is -2.12. The summed E-state index contributed by atoms with van der Waals surface area (Å²) in [4.78, 5) is 7.93. The molecule has 0 spiro atoms. The van der Waals surface area contributed by atoms with Crippen molar-refractivity contribution < 1.29 is 0 Å². The average Bonchev–Trinajstić information content (AvgIpc) is 2.30. The van der Waals surface area contributed by atoms with Crippen LogP contribution in [0.1, 0.15) is 5.69 Å². The summed E-state index contributed by atoms with van der Waals surface area (Å²) in [6.07, 6.45) is 3.00. The second kappa shape index (κ2) is 4.60. The van der Waals surface area contributed by atoms with E-state index < -0.39 is 0 Å². The molecule has 5 heteroatoms. The summed E-state index contributed by atoms with van der Waals surface area (Å²) in [5.41, 5.74) is 1.02. The Kier molecular flexibility index (Phi) is 2.99. The van der Waals surface area contributed by atoms with Gasteiger partial charge in [0.25, 0.3) is 0 Å². The van der Waals surface area contributed by atoms with E-state index >= 15 is 0 Å². The molecule has 0 amide bonds. The van der Waals surface area contributed by atoms with Gasteiger partial charge in [0, 0.05) is 23.1 Å². The van der Waals surface area contributed by atoms with Crippen molar-refractivity contribution >= 4 is 23.1 Å². The number of hydrogen-bond donors (Lipinski definition) is 1. The molecular formula is C11H7ClN4. The molecule has 1 heterocycles. The normalized spacial score (nSPS) is 9.50. The first-order valence-corrected chi connectivity index (χ1v) is 4.91. The van der Waals surface area contributed by atoms with Crippen molar-refractivity contribution in [1.29, 1.82) is 5.26 Å². The quantitative estimate of drug-likeness (QED) is 0.862. The Morgan fingerprint density at radius 2 is 2.06 bits per heavy atom. The maximum Gasteiger partial charge on any atom is 0.183 e. The van der Waals surface area contributed by atoms with Crippen LogP contribution in [-0.4, -0.2) is 9.97 Å². The van der Waals surface area contributed by atoms with Gasteiger partial charge in [-0.2, -0.15) is 5.26 Å². The summed E-state index contributed by atoms with van der Waals surface area (Å²) in [6, 6.07) is 9.13. The largest absolute Gasteiger partial charge is 0.338 e. The molecule has 0 aliphatic rings. The van der Waals surface area contributed by atoms with Crippen LogP contribution in [0.2, 0.25) is 5.02 Å². The van der Waals surface area contributed by atoms with Gasteiger partial charge in [-0.1, -0.05) is 17.7 Å². The molecule has 0 saturated heterocycles. The summed E-state index contributed by atoms with van der Waals surface area (Å²) < 4.78 is 0. The van der Waals surface area contributed by atoms with Crippen LogP contribution in [-0.2, 0) is 0 Å². The lowest BCUT2D eigenvalue weighted by molar-refractivity contribution is 1.16. The Morgan fingerprint density at radius 1 is 1.25 bits per heavy atom. The molecule has 0 aliphatic carbocycles. The van der Waals surface area contributed by atoms with Crippen LogP contribution in [0.15, 0.2) is 36.7 Å². The monoisotopic (exact) mass is 230 g/mol. The number of nitriles is 1. The molecular weight excluding hydrogens is 224 g/mol. The van der Waals surface area contributed by atoms with E-state index in [0.717, 1.165) is 5.69 Å². The van der Waals surface area contributed by atoms with Gasteiger partial charge in [0.05, 0.1) is 0 Å². The maximum absolute atomic E-state index is 8.83. The lowest BCUT2D eigenvalue weighted by atomic mass is 10.3. The van der Waals surface area contributed by atoms with Crippen molar-refractivity contribution in [1.82, 2.24) is 9.97 Å². The molecule has 78 valence electrons. The van der Waals surface area contributed by atoms with E-state index in [4.69, 9.17) is 16.9 Å². The van der Waals surface area contributed by atoms with E-state index in [1.807, 2.05) is 18.2 Å². The van der Waals surface area contributed by atoms with Crippen LogP contribution in [0.25, 0.3) is 0 Å². The Morgan fingerprint density at radius 3 is 2.81 bits per heavy atom. The first kappa shape index (κ1) is 10.4. The van der Waals surface area contributed by atoms with Crippen molar-refractivity contribution in [2.24, 2.45) is 0 Å². The molecule has 0 aliphatic heterocycles. The Labute approximate surface area is 97.5 Å². The molecule has 0 atom stereocenters. The molecule has 0 unspecified atom stereocenters. The highest BCUT2D eigenvalue weighted by Gasteiger charge is 2.03. The van der Waals surface area contributed by atoms with E-state index in [-0.39, 0.29) is 5.69 Å². The number of aromatic nitrogens is 2. The van der Waals surface area contributed by atoms with Gasteiger partial charge in [0.1, 0.15) is 6.07 Å². The topological polar surface area (TPSA) is 61.6 Å². The predicted octanol–water partition coefficient (Wildman–Crippen LogP) is 2.75. The summed E-state index contributed by atoms with van der Waals surface area (Å²) in [6.45, 7) is 0. The fraction of sp³-hybridized carbons (Fsp3) is 0. The summed E-state index contributed by atoms with van der Waals surface area (Å²) in [7, 11) is 0. The number of halogens is 1. The van der Waals surface area contributed by atoms with Crippen molar-refractivity contribution in [2.75, 3.05) is 5.32 Å². The van der Waals surface area contributed by atoms with E-state index in [1.54, 1.807) is 12.1 Å². The van der Waals surface area contributed by atoms with Crippen LogP contribution >= 0.6 is 11.6 Å². The number of benzene rings is 1. The van der Waals surface area contributed by atoms with Gasteiger partial charge < -0.3 is 5.32 Å². The van der Waals surface area contributed by atoms with Crippen molar-refractivity contribution in [2.45, 2.75) is 0 Å². The van der Waals surface area contributed by atoms with Crippen LogP contribution in [0.4, 0.5) is 11.5 Å². The second-order valence-electron chi connectivity index (χ2n) is 3.00. The second-order valence-corrected chi connectivity index (χ2v) is 3.44. The highest BCUT2D eigenvalue weighted by molar-refractivity contribution is 6.30. The SMILES string of the molecule is N#Cc1nccnc1Nc1cccc(Cl)c1. The van der Waals surface area contributed by atoms with E-state index in [2.05, 4.69) is 15.3 Å². The van der Waals surface area contributed by atoms with Crippen LogP contribution in [0, 0.1) is 11.3 Å². The zero-order chi connectivity index (χ0) is 11.4. The van der Waals surface area contributed by atoms with Crippen molar-refractivity contribution in [3.8, 4) is 6.07 Å². The fourth-order valence-corrected chi connectivity index (χ4v) is 1.40. The van der Waals surface area contributed by atoms with E-state index in [0.29, 0.717) is 10.8 Å². The summed E-state index contributed by atoms with van der Waals surface area (Å²) in [5, 5.41) is 12.4. The number of rotatable bonds is 2. The van der Waals surface area contributed by atoms with Gasteiger partial charge >= 0.3 is 0 Å². The van der Waals surface area contributed by atoms with Crippen molar-refractivity contribution in [3.63, 3.8) is 0 Å². The summed E-state index contributed by atoms with van der Waals surface area (Å²) in [5.74, 6) is 0.423. The van der Waals surface area contributed by atoms with Gasteiger partial charge in [0.15, 0.2) is 11.5 Å². The zero-order valence-electron chi connectivity index (χ0n) is 8.18. The van der Waals surface area contributed by atoms with E-state index in [1.165, 1.54) is 12.4 Å². The minimum Gasteiger partial charge on any atom is -0.338 e. The van der Waals surface area contributed by atoms with Crippen LogP contribution in [0.5, 0.6) is 0 Å². The van der Waals surface area contributed by atoms with Gasteiger partial charge in [-0.05, 0) is 18.2 Å². The molecule has 2 rings (SSSR count). The van der Waals surface area contributed by atoms with Gasteiger partial charge in [-0.3, -0.25) is 0 Å². The molecule has 0 fully saturated rings. The average molecular weight is 231 g/mol. The zero-order valence-corrected chi connectivity index (χ0v) is 8.94. The standard InChI is InChI=1S/C11H7ClN4/c12-8-2-1-3-9(6-8)16-11-10(7-13)14-4-5-15-11/h1-6H,(H,15,16). The third-order valence-corrected chi connectivity index (χ3v) is 2.13. The van der Waals surface area contributed by atoms with Gasteiger partial charge in [-0.25, -0.2) is 9.97 Å². The number of nitrogens with one attached hydrogen (secondary N) is 1. The molecule has 4 nitrogen and oxygen atoms in total. The highest BCUT2D eigenvalue weighted by Crippen LogP contribution is 2.19. The third-order valence-electron chi connectivity index (χ3n) is 1.89. The Bertz CT molecular complexity index is 548. The number of hydrogen-bond acceptors (Lipinski definition) is 4. The van der Waals surface area contributed by atoms with E-state index in [9.17, 15) is 0 Å². The minimum atomic E-state index is 0.252. The fourth-order valence-electron chi connectivity index (χ4n) is 1.21. The highest BCUT2D eigenvalue weighted by atomic mass is 35.5. The molecule has 1 N–H and O–H groups in total. The van der Waals surface area contributed by atoms with Crippen LogP contribution < -0.4 is 5.32 Å². The molecule has 0 bridgehead atoms. The predicted molar refractivity (Wildman–Crippen MR) is 61.5 cm³/mol. The van der Waals surface area contributed by atoms with Crippen LogP contribution in [0.3, 0.4) is 0 Å². The van der Waals surface area contributed by atoms with Crippen molar-refractivity contribution in [3.05, 3.63) is 47.4 Å². The molecule has 1 aromatic carbocycles. The molecule has 1 aromatic heterocycles. The lowest BCUT2D eigenvalue weighted by Gasteiger charge is -2.05. The summed E-state index contributed by atoms with van der Waals surface area (Å²) >= 11 is 5.84. The first-order valence-electron chi connectivity index (χ1n) is 4.53. The van der Waals surface area contributed by atoms with Gasteiger partial charge in [0.2, 0.25) is 0 Å². The smallest absolute Gasteiger partial charge is 0.183 e. The Balaban J connectivity index is 2.31. The third kappa shape index (κ3) is 2.27. The lowest BCUT2D eigenvalue weighted by Crippen LogP contribution is -1.98. The first-order chi connectivity index (χ1) is 7.79. The molecule has 0 saturated carbocycles.